The van der Waals surface area contributed by atoms with E-state index in [1.807, 2.05) is 0 Å². The molecule has 16 heavy (non-hydrogen) atoms. The predicted molar refractivity (Wildman–Crippen MR) is 63.0 cm³/mol. The van der Waals surface area contributed by atoms with Gasteiger partial charge in [-0.3, -0.25) is 4.79 Å². The lowest BCUT2D eigenvalue weighted by Crippen LogP contribution is -2.40. The van der Waals surface area contributed by atoms with Crippen molar-refractivity contribution in [1.82, 2.24) is 10.2 Å². The van der Waals surface area contributed by atoms with Gasteiger partial charge in [-0.25, -0.2) is 0 Å². The standard InChI is InChI=1S/C13H22N2O/c1-13(2)5-6-15(8-13)12(16)10-7-9-3-4-11(10)14-9/h9-11,14H,3-8H2,1-2H3. The molecule has 3 rings (SSSR count). The molecule has 3 fully saturated rings. The molecule has 0 aromatic heterocycles. The molecule has 0 aromatic carbocycles. The van der Waals surface area contributed by atoms with E-state index in [1.54, 1.807) is 0 Å². The van der Waals surface area contributed by atoms with Gasteiger partial charge in [0.2, 0.25) is 5.91 Å². The Morgan fingerprint density at radius 3 is 2.69 bits per heavy atom. The first-order valence-corrected chi connectivity index (χ1v) is 6.60. The number of nitrogens with one attached hydrogen (secondary N) is 1. The van der Waals surface area contributed by atoms with Gasteiger partial charge in [0.1, 0.15) is 0 Å². The van der Waals surface area contributed by atoms with Gasteiger partial charge in [0.15, 0.2) is 0 Å². The number of rotatable bonds is 1. The average molecular weight is 222 g/mol. The van der Waals surface area contributed by atoms with E-state index in [4.69, 9.17) is 0 Å². The molecule has 3 nitrogen and oxygen atoms in total. The van der Waals surface area contributed by atoms with Crippen LogP contribution in [0.1, 0.15) is 39.5 Å². The zero-order chi connectivity index (χ0) is 11.3. The Kier molecular flexibility index (Phi) is 2.29. The summed E-state index contributed by atoms with van der Waals surface area (Å²) < 4.78 is 0. The summed E-state index contributed by atoms with van der Waals surface area (Å²) in [4.78, 5) is 14.5. The molecule has 1 amide bonds. The molecule has 3 saturated heterocycles. The van der Waals surface area contributed by atoms with E-state index in [-0.39, 0.29) is 5.92 Å². The van der Waals surface area contributed by atoms with Gasteiger partial charge < -0.3 is 10.2 Å². The van der Waals surface area contributed by atoms with Gasteiger partial charge in [0, 0.05) is 25.2 Å². The summed E-state index contributed by atoms with van der Waals surface area (Å²) in [6.45, 7) is 6.46. The van der Waals surface area contributed by atoms with Crippen molar-refractivity contribution in [2.75, 3.05) is 13.1 Å². The van der Waals surface area contributed by atoms with Crippen LogP contribution in [0, 0.1) is 11.3 Å². The van der Waals surface area contributed by atoms with Crippen LogP contribution in [-0.2, 0) is 4.79 Å². The highest BCUT2D eigenvalue weighted by atomic mass is 16.2. The van der Waals surface area contributed by atoms with Gasteiger partial charge >= 0.3 is 0 Å². The lowest BCUT2D eigenvalue weighted by molar-refractivity contribution is -0.135. The molecule has 0 radical (unpaired) electrons. The third kappa shape index (κ3) is 1.65. The van der Waals surface area contributed by atoms with E-state index >= 15 is 0 Å². The minimum absolute atomic E-state index is 0.285. The normalized spacial score (nSPS) is 40.6. The number of fused-ring (bicyclic) bond motifs is 2. The summed E-state index contributed by atoms with van der Waals surface area (Å²) in [5.74, 6) is 0.706. The maximum Gasteiger partial charge on any atom is 0.227 e. The van der Waals surface area contributed by atoms with Gasteiger partial charge in [0.25, 0.3) is 0 Å². The van der Waals surface area contributed by atoms with Crippen molar-refractivity contribution in [3.05, 3.63) is 0 Å². The van der Waals surface area contributed by atoms with E-state index < -0.39 is 0 Å². The first-order chi connectivity index (χ1) is 7.55. The van der Waals surface area contributed by atoms with E-state index in [0.717, 1.165) is 25.9 Å². The van der Waals surface area contributed by atoms with E-state index in [2.05, 4.69) is 24.1 Å². The number of carbonyl (C=O) groups excluding carboxylic acids is 1. The lowest BCUT2D eigenvalue weighted by Gasteiger charge is -2.26. The zero-order valence-corrected chi connectivity index (χ0v) is 10.3. The second-order valence-corrected chi connectivity index (χ2v) is 6.56. The second-order valence-electron chi connectivity index (χ2n) is 6.56. The van der Waals surface area contributed by atoms with Gasteiger partial charge in [-0.05, 0) is 31.1 Å². The van der Waals surface area contributed by atoms with Gasteiger partial charge in [-0.1, -0.05) is 13.8 Å². The monoisotopic (exact) mass is 222 g/mol. The molecule has 0 saturated carbocycles. The van der Waals surface area contributed by atoms with E-state index in [9.17, 15) is 4.79 Å². The quantitative estimate of drug-likeness (QED) is 0.727. The van der Waals surface area contributed by atoms with Crippen LogP contribution in [-0.4, -0.2) is 36.0 Å². The Morgan fingerprint density at radius 1 is 1.38 bits per heavy atom. The van der Waals surface area contributed by atoms with Crippen LogP contribution in [0.5, 0.6) is 0 Å². The van der Waals surface area contributed by atoms with Crippen LogP contribution in [0.3, 0.4) is 0 Å². The Hall–Kier alpha value is -0.570. The Bertz CT molecular complexity index is 313. The predicted octanol–water partition coefficient (Wildman–Crippen LogP) is 1.39. The van der Waals surface area contributed by atoms with Crippen molar-refractivity contribution >= 4 is 5.91 Å². The SMILES string of the molecule is CC1(C)CCN(C(=O)C2CC3CCC2N3)C1. The summed E-state index contributed by atoms with van der Waals surface area (Å²) in [6, 6.07) is 1.12. The molecule has 1 N–H and O–H groups in total. The summed E-state index contributed by atoms with van der Waals surface area (Å²) in [6.07, 6.45) is 4.73. The number of carbonyl (C=O) groups is 1. The van der Waals surface area contributed by atoms with Crippen LogP contribution >= 0.6 is 0 Å². The molecule has 90 valence electrons. The highest BCUT2D eigenvalue weighted by Crippen LogP contribution is 2.37. The molecule has 3 heterocycles. The summed E-state index contributed by atoms with van der Waals surface area (Å²) >= 11 is 0. The molecule has 0 spiro atoms. The third-order valence-corrected chi connectivity index (χ3v) is 4.61. The van der Waals surface area contributed by atoms with Gasteiger partial charge in [0.05, 0.1) is 5.92 Å². The van der Waals surface area contributed by atoms with Crippen molar-refractivity contribution in [3.63, 3.8) is 0 Å². The second kappa shape index (κ2) is 3.46. The molecule has 3 aliphatic heterocycles. The van der Waals surface area contributed by atoms with Crippen molar-refractivity contribution in [2.45, 2.75) is 51.6 Å². The number of likely N-dealkylation sites (tertiary alicyclic amines) is 1. The number of amides is 1. The largest absolute Gasteiger partial charge is 0.342 e. The number of hydrogen-bond acceptors (Lipinski definition) is 2. The molecule has 0 aromatic rings. The fraction of sp³-hybridized carbons (Fsp3) is 0.923. The molecule has 2 bridgehead atoms. The first kappa shape index (κ1) is 10.6. The maximum absolute atomic E-state index is 12.4. The fourth-order valence-electron chi connectivity index (χ4n) is 3.63. The van der Waals surface area contributed by atoms with Crippen LogP contribution in [0.4, 0.5) is 0 Å². The van der Waals surface area contributed by atoms with Crippen molar-refractivity contribution in [3.8, 4) is 0 Å². The van der Waals surface area contributed by atoms with E-state index in [0.29, 0.717) is 23.4 Å². The summed E-state index contributed by atoms with van der Waals surface area (Å²) in [5, 5.41) is 3.56. The van der Waals surface area contributed by atoms with Crippen molar-refractivity contribution in [2.24, 2.45) is 11.3 Å². The lowest BCUT2D eigenvalue weighted by atomic mass is 9.88. The Labute approximate surface area is 97.6 Å². The molecule has 0 aliphatic carbocycles. The number of nitrogens with zero attached hydrogens (tertiary/aromatic N) is 1. The average Bonchev–Trinajstić information content (AvgIpc) is 2.90. The number of hydrogen-bond donors (Lipinski definition) is 1. The summed E-state index contributed by atoms with van der Waals surface area (Å²) in [5.41, 5.74) is 0.334. The van der Waals surface area contributed by atoms with Crippen molar-refractivity contribution in [1.29, 1.82) is 0 Å². The fourth-order valence-corrected chi connectivity index (χ4v) is 3.63. The topological polar surface area (TPSA) is 32.3 Å². The highest BCUT2D eigenvalue weighted by molar-refractivity contribution is 5.80. The maximum atomic E-state index is 12.4. The van der Waals surface area contributed by atoms with Crippen LogP contribution in [0.25, 0.3) is 0 Å². The molecule has 3 unspecified atom stereocenters. The minimum atomic E-state index is 0.285. The van der Waals surface area contributed by atoms with Gasteiger partial charge in [-0.15, -0.1) is 0 Å². The Morgan fingerprint density at radius 2 is 2.19 bits per heavy atom. The smallest absolute Gasteiger partial charge is 0.227 e. The van der Waals surface area contributed by atoms with Crippen LogP contribution < -0.4 is 5.32 Å². The zero-order valence-electron chi connectivity index (χ0n) is 10.3. The highest BCUT2D eigenvalue weighted by Gasteiger charge is 2.45. The van der Waals surface area contributed by atoms with Crippen LogP contribution in [0.2, 0.25) is 0 Å². The molecular weight excluding hydrogens is 200 g/mol. The van der Waals surface area contributed by atoms with Gasteiger partial charge in [-0.2, -0.15) is 0 Å². The molecule has 3 atom stereocenters. The summed E-state index contributed by atoms with van der Waals surface area (Å²) in [7, 11) is 0. The van der Waals surface area contributed by atoms with Crippen molar-refractivity contribution < 1.29 is 4.79 Å². The van der Waals surface area contributed by atoms with Crippen LogP contribution in [0.15, 0.2) is 0 Å². The molecule has 3 aliphatic rings. The first-order valence-electron chi connectivity index (χ1n) is 6.60. The molecule has 3 heteroatoms. The minimum Gasteiger partial charge on any atom is -0.342 e. The Balaban J connectivity index is 1.66. The van der Waals surface area contributed by atoms with E-state index in [1.165, 1.54) is 12.8 Å². The molecular formula is C13H22N2O. The third-order valence-electron chi connectivity index (χ3n) is 4.61.